The Hall–Kier alpha value is -0.0800. The van der Waals surface area contributed by atoms with Gasteiger partial charge >= 0.3 is 0 Å². The van der Waals surface area contributed by atoms with Crippen molar-refractivity contribution < 1.29 is 0 Å². The molecule has 0 aromatic rings. The van der Waals surface area contributed by atoms with Gasteiger partial charge < -0.3 is 5.32 Å². The summed E-state index contributed by atoms with van der Waals surface area (Å²) in [5.74, 6) is 0.979. The second-order valence-electron chi connectivity index (χ2n) is 6.65. The molecule has 1 aliphatic heterocycles. The van der Waals surface area contributed by atoms with E-state index < -0.39 is 0 Å². The van der Waals surface area contributed by atoms with Crippen molar-refractivity contribution in [1.29, 1.82) is 0 Å². The Bertz CT molecular complexity index is 253. The highest BCUT2D eigenvalue weighted by atomic mass is 15.2. The van der Waals surface area contributed by atoms with Crippen LogP contribution in [0.15, 0.2) is 0 Å². The highest BCUT2D eigenvalue weighted by Crippen LogP contribution is 2.43. The molecule has 92 valence electrons. The van der Waals surface area contributed by atoms with Crippen molar-refractivity contribution in [3.05, 3.63) is 0 Å². The Morgan fingerprint density at radius 1 is 1.00 bits per heavy atom. The molecule has 0 spiro atoms. The van der Waals surface area contributed by atoms with Crippen molar-refractivity contribution in [1.82, 2.24) is 10.2 Å². The molecule has 3 aliphatic rings. The molecule has 1 heterocycles. The van der Waals surface area contributed by atoms with Gasteiger partial charge in [0.05, 0.1) is 0 Å². The molecule has 0 radical (unpaired) electrons. The van der Waals surface area contributed by atoms with Gasteiger partial charge in [-0.2, -0.15) is 0 Å². The van der Waals surface area contributed by atoms with E-state index in [1.807, 2.05) is 0 Å². The Balaban J connectivity index is 1.57. The zero-order valence-corrected chi connectivity index (χ0v) is 10.8. The van der Waals surface area contributed by atoms with E-state index in [0.29, 0.717) is 5.54 Å². The molecule has 2 heteroatoms. The third-order valence-electron chi connectivity index (χ3n) is 4.86. The fourth-order valence-corrected chi connectivity index (χ4v) is 3.27. The first kappa shape index (κ1) is 11.0. The molecule has 1 atom stereocenters. The minimum absolute atomic E-state index is 0.462. The number of nitrogens with one attached hydrogen (secondary N) is 1. The second kappa shape index (κ2) is 3.99. The van der Waals surface area contributed by atoms with E-state index in [1.54, 1.807) is 0 Å². The van der Waals surface area contributed by atoms with Gasteiger partial charge in [0.2, 0.25) is 0 Å². The van der Waals surface area contributed by atoms with Gasteiger partial charge in [-0.3, -0.25) is 4.90 Å². The average molecular weight is 222 g/mol. The summed E-state index contributed by atoms with van der Waals surface area (Å²) in [6, 6.07) is 1.65. The molecule has 3 fully saturated rings. The first-order chi connectivity index (χ1) is 7.66. The third-order valence-corrected chi connectivity index (χ3v) is 4.86. The minimum Gasteiger partial charge on any atom is -0.310 e. The van der Waals surface area contributed by atoms with Gasteiger partial charge in [-0.05, 0) is 64.8 Å². The van der Waals surface area contributed by atoms with Crippen LogP contribution in [-0.2, 0) is 0 Å². The number of nitrogens with zero attached hydrogens (tertiary/aromatic N) is 1. The zero-order valence-electron chi connectivity index (χ0n) is 10.8. The maximum Gasteiger partial charge on any atom is 0.0198 e. The molecule has 2 aliphatic carbocycles. The van der Waals surface area contributed by atoms with Crippen molar-refractivity contribution in [2.45, 2.75) is 70.0 Å². The van der Waals surface area contributed by atoms with Gasteiger partial charge in [0.15, 0.2) is 0 Å². The first-order valence-electron chi connectivity index (χ1n) is 7.17. The summed E-state index contributed by atoms with van der Waals surface area (Å²) in [6.07, 6.45) is 8.55. The monoisotopic (exact) mass is 222 g/mol. The van der Waals surface area contributed by atoms with Crippen LogP contribution in [0.2, 0.25) is 0 Å². The summed E-state index contributed by atoms with van der Waals surface area (Å²) in [4.78, 5) is 2.76. The van der Waals surface area contributed by atoms with Gasteiger partial charge in [-0.15, -0.1) is 0 Å². The number of hydrogen-bond acceptors (Lipinski definition) is 2. The standard InChI is InChI=1S/C14H26N2/c1-14(2,11-5-6-11)16-9-3-4-13(10-16)15-12-7-8-12/h11-13,15H,3-10H2,1-2H3. The Kier molecular flexibility index (Phi) is 2.75. The van der Waals surface area contributed by atoms with Crippen LogP contribution in [0.4, 0.5) is 0 Å². The molecule has 0 aromatic carbocycles. The Morgan fingerprint density at radius 2 is 1.75 bits per heavy atom. The molecule has 16 heavy (non-hydrogen) atoms. The van der Waals surface area contributed by atoms with Crippen LogP contribution < -0.4 is 5.32 Å². The lowest BCUT2D eigenvalue weighted by Crippen LogP contribution is -2.55. The molecule has 0 amide bonds. The van der Waals surface area contributed by atoms with Crippen molar-refractivity contribution in [2.75, 3.05) is 13.1 Å². The highest BCUT2D eigenvalue weighted by molar-refractivity contribution is 4.99. The molecule has 1 N–H and O–H groups in total. The molecule has 2 nitrogen and oxygen atoms in total. The van der Waals surface area contributed by atoms with E-state index in [0.717, 1.165) is 18.0 Å². The molecule has 0 aromatic heterocycles. The molecule has 1 saturated heterocycles. The largest absolute Gasteiger partial charge is 0.310 e. The SMILES string of the molecule is CC(C)(C1CC1)N1CCCC(NC2CC2)C1. The maximum absolute atomic E-state index is 3.81. The van der Waals surface area contributed by atoms with E-state index in [-0.39, 0.29) is 0 Å². The van der Waals surface area contributed by atoms with E-state index in [1.165, 1.54) is 51.6 Å². The summed E-state index contributed by atoms with van der Waals surface area (Å²) in [5.41, 5.74) is 0.462. The first-order valence-corrected chi connectivity index (χ1v) is 7.17. The van der Waals surface area contributed by atoms with Crippen molar-refractivity contribution >= 4 is 0 Å². The van der Waals surface area contributed by atoms with Gasteiger partial charge in [-0.25, -0.2) is 0 Å². The maximum atomic E-state index is 3.81. The summed E-state index contributed by atoms with van der Waals surface area (Å²) in [7, 11) is 0. The van der Waals surface area contributed by atoms with Crippen LogP contribution >= 0.6 is 0 Å². The predicted octanol–water partition coefficient (Wildman–Crippen LogP) is 2.39. The lowest BCUT2D eigenvalue weighted by molar-refractivity contribution is 0.0610. The van der Waals surface area contributed by atoms with E-state index >= 15 is 0 Å². The van der Waals surface area contributed by atoms with E-state index in [4.69, 9.17) is 0 Å². The second-order valence-corrected chi connectivity index (χ2v) is 6.65. The summed E-state index contributed by atoms with van der Waals surface area (Å²) < 4.78 is 0. The lowest BCUT2D eigenvalue weighted by atomic mass is 9.92. The zero-order chi connectivity index (χ0) is 11.2. The third kappa shape index (κ3) is 2.28. The van der Waals surface area contributed by atoms with Crippen molar-refractivity contribution in [3.63, 3.8) is 0 Å². The van der Waals surface area contributed by atoms with Crippen LogP contribution in [0, 0.1) is 5.92 Å². The van der Waals surface area contributed by atoms with Crippen molar-refractivity contribution in [3.8, 4) is 0 Å². The summed E-state index contributed by atoms with van der Waals surface area (Å²) >= 11 is 0. The van der Waals surface area contributed by atoms with Crippen LogP contribution in [0.3, 0.4) is 0 Å². The topological polar surface area (TPSA) is 15.3 Å². The molecule has 0 bridgehead atoms. The van der Waals surface area contributed by atoms with E-state index in [9.17, 15) is 0 Å². The quantitative estimate of drug-likeness (QED) is 0.786. The van der Waals surface area contributed by atoms with Crippen molar-refractivity contribution in [2.24, 2.45) is 5.92 Å². The van der Waals surface area contributed by atoms with E-state index in [2.05, 4.69) is 24.1 Å². The number of likely N-dealkylation sites (tertiary alicyclic amines) is 1. The molecule has 3 rings (SSSR count). The number of piperidine rings is 1. The van der Waals surface area contributed by atoms with Gasteiger partial charge in [0, 0.05) is 24.2 Å². The normalized spacial score (nSPS) is 33.0. The van der Waals surface area contributed by atoms with Crippen LogP contribution in [0.1, 0.15) is 52.4 Å². The number of hydrogen-bond donors (Lipinski definition) is 1. The fraction of sp³-hybridized carbons (Fsp3) is 1.00. The minimum atomic E-state index is 0.462. The van der Waals surface area contributed by atoms with Crippen LogP contribution in [-0.4, -0.2) is 35.6 Å². The molecule has 2 saturated carbocycles. The van der Waals surface area contributed by atoms with Gasteiger partial charge in [-0.1, -0.05) is 0 Å². The van der Waals surface area contributed by atoms with Crippen LogP contribution in [0.5, 0.6) is 0 Å². The average Bonchev–Trinajstić information content (AvgIpc) is 3.12. The Labute approximate surface area is 99.8 Å². The highest BCUT2D eigenvalue weighted by Gasteiger charge is 2.43. The molecule has 1 unspecified atom stereocenters. The van der Waals surface area contributed by atoms with Gasteiger partial charge in [0.1, 0.15) is 0 Å². The molecular weight excluding hydrogens is 196 g/mol. The smallest absolute Gasteiger partial charge is 0.0198 e. The summed E-state index contributed by atoms with van der Waals surface area (Å²) in [5, 5.41) is 3.81. The van der Waals surface area contributed by atoms with Crippen LogP contribution in [0.25, 0.3) is 0 Å². The lowest BCUT2D eigenvalue weighted by Gasteiger charge is -2.44. The van der Waals surface area contributed by atoms with Gasteiger partial charge in [0.25, 0.3) is 0 Å². The summed E-state index contributed by atoms with van der Waals surface area (Å²) in [6.45, 7) is 7.54. The Morgan fingerprint density at radius 3 is 2.38 bits per heavy atom. The number of rotatable bonds is 4. The predicted molar refractivity (Wildman–Crippen MR) is 67.6 cm³/mol. The fourth-order valence-electron chi connectivity index (χ4n) is 3.27. The molecular formula is C14H26N2.